The monoisotopic (exact) mass is 382 g/mol. The lowest BCUT2D eigenvalue weighted by Gasteiger charge is -2.29. The summed E-state index contributed by atoms with van der Waals surface area (Å²) in [5.41, 5.74) is 5.11. The SMILES string of the molecule is COc1ccc2c(c1)C[C@H](NC[C@@H]1CC(=O)N(C)[C@H]1c1cnn(C)c1C)CC2. The van der Waals surface area contributed by atoms with Crippen LogP contribution in [0.3, 0.4) is 0 Å². The Hall–Kier alpha value is -2.34. The maximum absolute atomic E-state index is 12.4. The third-order valence-corrected chi connectivity index (χ3v) is 6.60. The lowest BCUT2D eigenvalue weighted by Crippen LogP contribution is -2.38. The van der Waals surface area contributed by atoms with Gasteiger partial charge in [0.25, 0.3) is 0 Å². The number of hydrogen-bond donors (Lipinski definition) is 1. The van der Waals surface area contributed by atoms with Crippen LogP contribution in [0.5, 0.6) is 5.75 Å². The van der Waals surface area contributed by atoms with Gasteiger partial charge in [-0.3, -0.25) is 9.48 Å². The topological polar surface area (TPSA) is 59.4 Å². The summed E-state index contributed by atoms with van der Waals surface area (Å²) < 4.78 is 7.28. The van der Waals surface area contributed by atoms with Crippen LogP contribution in [0, 0.1) is 12.8 Å². The van der Waals surface area contributed by atoms with Crippen molar-refractivity contribution in [3.05, 3.63) is 46.8 Å². The van der Waals surface area contributed by atoms with Gasteiger partial charge in [-0.25, -0.2) is 0 Å². The predicted octanol–water partition coefficient (Wildman–Crippen LogP) is 2.40. The predicted molar refractivity (Wildman–Crippen MR) is 108 cm³/mol. The number of nitrogens with one attached hydrogen (secondary N) is 1. The number of ether oxygens (including phenoxy) is 1. The van der Waals surface area contributed by atoms with Crippen molar-refractivity contribution in [2.24, 2.45) is 13.0 Å². The fraction of sp³-hybridized carbons (Fsp3) is 0.545. The van der Waals surface area contributed by atoms with Crippen LogP contribution >= 0.6 is 0 Å². The van der Waals surface area contributed by atoms with Gasteiger partial charge in [-0.1, -0.05) is 6.07 Å². The number of amides is 1. The van der Waals surface area contributed by atoms with Crippen LogP contribution in [0.2, 0.25) is 0 Å². The van der Waals surface area contributed by atoms with Gasteiger partial charge in [-0.2, -0.15) is 5.10 Å². The molecule has 150 valence electrons. The summed E-state index contributed by atoms with van der Waals surface area (Å²) in [6, 6.07) is 6.95. The minimum atomic E-state index is 0.102. The van der Waals surface area contributed by atoms with Gasteiger partial charge >= 0.3 is 0 Å². The van der Waals surface area contributed by atoms with Crippen molar-refractivity contribution in [1.82, 2.24) is 20.0 Å². The van der Waals surface area contributed by atoms with Crippen LogP contribution in [0.4, 0.5) is 0 Å². The van der Waals surface area contributed by atoms with Crippen LogP contribution in [0.1, 0.15) is 41.3 Å². The number of likely N-dealkylation sites (tertiary alicyclic amines) is 1. The summed E-state index contributed by atoms with van der Waals surface area (Å²) in [4.78, 5) is 14.3. The van der Waals surface area contributed by atoms with E-state index >= 15 is 0 Å². The molecule has 1 aromatic carbocycles. The molecule has 2 heterocycles. The van der Waals surface area contributed by atoms with Crippen LogP contribution in [0.15, 0.2) is 24.4 Å². The van der Waals surface area contributed by atoms with Gasteiger partial charge in [0.2, 0.25) is 5.91 Å². The summed E-state index contributed by atoms with van der Waals surface area (Å²) in [5.74, 6) is 1.42. The second-order valence-corrected chi connectivity index (χ2v) is 8.21. The molecule has 1 aliphatic carbocycles. The highest BCUT2D eigenvalue weighted by Crippen LogP contribution is 2.38. The van der Waals surface area contributed by atoms with Crippen LogP contribution in [-0.4, -0.2) is 47.3 Å². The van der Waals surface area contributed by atoms with Gasteiger partial charge in [0, 0.05) is 50.3 Å². The van der Waals surface area contributed by atoms with E-state index in [0.717, 1.165) is 37.3 Å². The summed E-state index contributed by atoms with van der Waals surface area (Å²) in [6.07, 6.45) is 5.75. The number of carbonyl (C=O) groups is 1. The molecule has 0 radical (unpaired) electrons. The van der Waals surface area contributed by atoms with E-state index in [1.807, 2.05) is 35.9 Å². The molecule has 2 aliphatic rings. The lowest BCUT2D eigenvalue weighted by molar-refractivity contribution is -0.127. The Balaban J connectivity index is 1.45. The average molecular weight is 383 g/mol. The van der Waals surface area contributed by atoms with E-state index in [1.165, 1.54) is 16.7 Å². The number of carbonyl (C=O) groups excluding carboxylic acids is 1. The minimum Gasteiger partial charge on any atom is -0.497 e. The fourth-order valence-corrected chi connectivity index (χ4v) is 4.76. The highest BCUT2D eigenvalue weighted by molar-refractivity contribution is 5.79. The van der Waals surface area contributed by atoms with Crippen molar-refractivity contribution in [3.63, 3.8) is 0 Å². The smallest absolute Gasteiger partial charge is 0.223 e. The highest BCUT2D eigenvalue weighted by atomic mass is 16.5. The molecule has 1 fully saturated rings. The number of aromatic nitrogens is 2. The first-order valence-corrected chi connectivity index (χ1v) is 10.1. The van der Waals surface area contributed by atoms with Gasteiger partial charge in [-0.15, -0.1) is 0 Å². The quantitative estimate of drug-likeness (QED) is 0.863. The molecule has 1 N–H and O–H groups in total. The van der Waals surface area contributed by atoms with E-state index in [4.69, 9.17) is 4.74 Å². The fourth-order valence-electron chi connectivity index (χ4n) is 4.76. The number of hydrogen-bond acceptors (Lipinski definition) is 4. The molecule has 1 amide bonds. The zero-order valence-electron chi connectivity index (χ0n) is 17.2. The first-order valence-electron chi connectivity index (χ1n) is 10.1. The van der Waals surface area contributed by atoms with Crippen LogP contribution in [-0.2, 0) is 24.7 Å². The number of benzene rings is 1. The Morgan fingerprint density at radius 2 is 2.07 bits per heavy atom. The molecule has 0 saturated carbocycles. The number of fused-ring (bicyclic) bond motifs is 1. The van der Waals surface area contributed by atoms with Gasteiger partial charge in [-0.05, 0) is 49.4 Å². The molecule has 2 aromatic rings. The largest absolute Gasteiger partial charge is 0.497 e. The Kier molecular flexibility index (Phi) is 5.15. The standard InChI is InChI=1S/C22H30N4O2/c1-14-20(13-24-26(14)3)22-17(11-21(27)25(22)2)12-23-18-7-5-15-6-8-19(28-4)10-16(15)9-18/h6,8,10,13,17-18,22-23H,5,7,9,11-12H2,1-4H3/t17-,18+,22+/m0/s1. The van der Waals surface area contributed by atoms with Crippen molar-refractivity contribution in [2.75, 3.05) is 20.7 Å². The summed E-state index contributed by atoms with van der Waals surface area (Å²) in [5, 5.41) is 8.15. The number of nitrogens with zero attached hydrogens (tertiary/aromatic N) is 3. The molecule has 1 aliphatic heterocycles. The third-order valence-electron chi connectivity index (χ3n) is 6.60. The zero-order valence-corrected chi connectivity index (χ0v) is 17.2. The molecular weight excluding hydrogens is 352 g/mol. The van der Waals surface area contributed by atoms with E-state index in [-0.39, 0.29) is 17.9 Å². The van der Waals surface area contributed by atoms with Crippen molar-refractivity contribution >= 4 is 5.91 Å². The number of methoxy groups -OCH3 is 1. The van der Waals surface area contributed by atoms with Gasteiger partial charge < -0.3 is 15.0 Å². The molecule has 6 nitrogen and oxygen atoms in total. The van der Waals surface area contributed by atoms with Crippen molar-refractivity contribution in [2.45, 2.75) is 44.7 Å². The molecule has 1 aromatic heterocycles. The Morgan fingerprint density at radius 3 is 2.79 bits per heavy atom. The molecule has 3 atom stereocenters. The Labute approximate surface area is 166 Å². The zero-order chi connectivity index (χ0) is 19.8. The normalized spacial score (nSPS) is 24.5. The second kappa shape index (κ2) is 7.59. The summed E-state index contributed by atoms with van der Waals surface area (Å²) >= 11 is 0. The molecule has 6 heteroatoms. The second-order valence-electron chi connectivity index (χ2n) is 8.21. The van der Waals surface area contributed by atoms with Gasteiger partial charge in [0.15, 0.2) is 0 Å². The van der Waals surface area contributed by atoms with Gasteiger partial charge in [0.1, 0.15) is 5.75 Å². The van der Waals surface area contributed by atoms with Crippen LogP contribution < -0.4 is 10.1 Å². The van der Waals surface area contributed by atoms with E-state index in [1.54, 1.807) is 7.11 Å². The Morgan fingerprint density at radius 1 is 1.25 bits per heavy atom. The van der Waals surface area contributed by atoms with E-state index < -0.39 is 0 Å². The lowest BCUT2D eigenvalue weighted by atomic mass is 9.87. The molecule has 4 rings (SSSR count). The molecule has 0 unspecified atom stereocenters. The molecule has 0 spiro atoms. The Bertz CT molecular complexity index is 875. The number of aryl methyl sites for hydroxylation is 2. The molecule has 28 heavy (non-hydrogen) atoms. The van der Waals surface area contributed by atoms with Crippen LogP contribution in [0.25, 0.3) is 0 Å². The van der Waals surface area contributed by atoms with E-state index in [9.17, 15) is 4.79 Å². The van der Waals surface area contributed by atoms with Gasteiger partial charge in [0.05, 0.1) is 19.3 Å². The van der Waals surface area contributed by atoms with Crippen molar-refractivity contribution in [3.8, 4) is 5.75 Å². The van der Waals surface area contributed by atoms with E-state index in [0.29, 0.717) is 12.5 Å². The molecular formula is C22H30N4O2. The van der Waals surface area contributed by atoms with Crippen molar-refractivity contribution in [1.29, 1.82) is 0 Å². The van der Waals surface area contributed by atoms with Crippen molar-refractivity contribution < 1.29 is 9.53 Å². The van der Waals surface area contributed by atoms with E-state index in [2.05, 4.69) is 29.5 Å². The third kappa shape index (κ3) is 3.41. The first-order chi connectivity index (χ1) is 13.5. The summed E-state index contributed by atoms with van der Waals surface area (Å²) in [6.45, 7) is 2.92. The maximum Gasteiger partial charge on any atom is 0.223 e. The average Bonchev–Trinajstić information content (AvgIpc) is 3.17. The highest BCUT2D eigenvalue weighted by Gasteiger charge is 2.40. The number of rotatable bonds is 5. The molecule has 1 saturated heterocycles. The molecule has 0 bridgehead atoms. The minimum absolute atomic E-state index is 0.102. The first kappa shape index (κ1) is 19.0. The summed E-state index contributed by atoms with van der Waals surface area (Å²) in [7, 11) is 5.59. The maximum atomic E-state index is 12.4.